The summed E-state index contributed by atoms with van der Waals surface area (Å²) in [7, 11) is 0. The third-order valence-corrected chi connectivity index (χ3v) is 2.68. The minimum absolute atomic E-state index is 0.0507. The van der Waals surface area contributed by atoms with Crippen LogP contribution in [0.1, 0.15) is 19.4 Å². The van der Waals surface area contributed by atoms with Gasteiger partial charge in [0.15, 0.2) is 0 Å². The SMILES string of the molecule is CC(C)CNC(=O)CNCc1cccc(Cl)c1O. The zero-order valence-electron chi connectivity index (χ0n) is 10.7. The number of para-hydroxylation sites is 1. The van der Waals surface area contributed by atoms with Gasteiger partial charge in [0.2, 0.25) is 5.91 Å². The van der Waals surface area contributed by atoms with Gasteiger partial charge in [-0.1, -0.05) is 37.6 Å². The molecule has 1 aromatic rings. The van der Waals surface area contributed by atoms with Gasteiger partial charge in [0.05, 0.1) is 11.6 Å². The molecule has 0 aliphatic carbocycles. The van der Waals surface area contributed by atoms with Gasteiger partial charge in [-0.15, -0.1) is 0 Å². The molecule has 0 fully saturated rings. The van der Waals surface area contributed by atoms with Gasteiger partial charge >= 0.3 is 0 Å². The van der Waals surface area contributed by atoms with Crippen LogP contribution in [-0.2, 0) is 11.3 Å². The molecule has 18 heavy (non-hydrogen) atoms. The Morgan fingerprint density at radius 3 is 2.83 bits per heavy atom. The first-order valence-corrected chi connectivity index (χ1v) is 6.32. The van der Waals surface area contributed by atoms with Gasteiger partial charge in [0.25, 0.3) is 0 Å². The molecule has 1 rings (SSSR count). The number of hydrogen-bond acceptors (Lipinski definition) is 3. The van der Waals surface area contributed by atoms with Crippen molar-refractivity contribution in [2.45, 2.75) is 20.4 Å². The van der Waals surface area contributed by atoms with Gasteiger partial charge < -0.3 is 15.7 Å². The number of aromatic hydroxyl groups is 1. The lowest BCUT2D eigenvalue weighted by molar-refractivity contribution is -0.120. The van der Waals surface area contributed by atoms with Crippen molar-refractivity contribution in [2.24, 2.45) is 5.92 Å². The Kier molecular flexibility index (Phi) is 5.95. The lowest BCUT2D eigenvalue weighted by Crippen LogP contribution is -2.35. The third kappa shape index (κ3) is 4.94. The summed E-state index contributed by atoms with van der Waals surface area (Å²) >= 11 is 5.78. The van der Waals surface area contributed by atoms with Crippen LogP contribution in [0.4, 0.5) is 0 Å². The predicted octanol–water partition coefficient (Wildman–Crippen LogP) is 1.91. The molecular formula is C13H19ClN2O2. The van der Waals surface area contributed by atoms with E-state index in [-0.39, 0.29) is 18.2 Å². The second-order valence-corrected chi connectivity index (χ2v) is 4.96. The van der Waals surface area contributed by atoms with E-state index in [1.807, 2.05) is 13.8 Å². The first-order valence-electron chi connectivity index (χ1n) is 5.94. The van der Waals surface area contributed by atoms with Crippen LogP contribution >= 0.6 is 11.6 Å². The van der Waals surface area contributed by atoms with Crippen LogP contribution in [-0.4, -0.2) is 24.1 Å². The maximum Gasteiger partial charge on any atom is 0.233 e. The van der Waals surface area contributed by atoms with Crippen molar-refractivity contribution < 1.29 is 9.90 Å². The maximum atomic E-state index is 11.4. The summed E-state index contributed by atoms with van der Waals surface area (Å²) in [6, 6.07) is 5.15. The Morgan fingerprint density at radius 2 is 2.17 bits per heavy atom. The largest absolute Gasteiger partial charge is 0.506 e. The highest BCUT2D eigenvalue weighted by Crippen LogP contribution is 2.26. The smallest absolute Gasteiger partial charge is 0.233 e. The number of benzene rings is 1. The van der Waals surface area contributed by atoms with Crippen molar-refractivity contribution in [1.82, 2.24) is 10.6 Å². The summed E-state index contributed by atoms with van der Waals surface area (Å²) in [6.07, 6.45) is 0. The summed E-state index contributed by atoms with van der Waals surface area (Å²) in [5, 5.41) is 15.8. The fourth-order valence-corrected chi connectivity index (χ4v) is 1.59. The molecule has 0 saturated heterocycles. The molecule has 0 saturated carbocycles. The van der Waals surface area contributed by atoms with Gasteiger partial charge in [-0.3, -0.25) is 4.79 Å². The van der Waals surface area contributed by atoms with E-state index in [1.165, 1.54) is 0 Å². The Morgan fingerprint density at radius 1 is 1.44 bits per heavy atom. The molecule has 1 aromatic carbocycles. The van der Waals surface area contributed by atoms with Gasteiger partial charge in [-0.05, 0) is 12.0 Å². The van der Waals surface area contributed by atoms with Crippen LogP contribution in [0.5, 0.6) is 5.75 Å². The number of phenols is 1. The van der Waals surface area contributed by atoms with Crippen LogP contribution in [0.25, 0.3) is 0 Å². The number of carbonyl (C=O) groups is 1. The second kappa shape index (κ2) is 7.24. The van der Waals surface area contributed by atoms with Crippen LogP contribution in [0.2, 0.25) is 5.02 Å². The van der Waals surface area contributed by atoms with Crippen LogP contribution in [0.3, 0.4) is 0 Å². The summed E-state index contributed by atoms with van der Waals surface area (Å²) in [4.78, 5) is 11.4. The number of amides is 1. The molecule has 0 unspecified atom stereocenters. The van der Waals surface area contributed by atoms with E-state index in [0.29, 0.717) is 29.6 Å². The van der Waals surface area contributed by atoms with Gasteiger partial charge in [-0.25, -0.2) is 0 Å². The molecule has 0 heterocycles. The number of hydrogen-bond donors (Lipinski definition) is 3. The number of rotatable bonds is 6. The van der Waals surface area contributed by atoms with Crippen molar-refractivity contribution >= 4 is 17.5 Å². The zero-order chi connectivity index (χ0) is 13.5. The minimum atomic E-state index is -0.0507. The molecule has 5 heteroatoms. The van der Waals surface area contributed by atoms with Crippen molar-refractivity contribution in [3.05, 3.63) is 28.8 Å². The highest BCUT2D eigenvalue weighted by atomic mass is 35.5. The number of phenolic OH excluding ortho intramolecular Hbond substituents is 1. The maximum absolute atomic E-state index is 11.4. The van der Waals surface area contributed by atoms with E-state index in [0.717, 1.165) is 0 Å². The predicted molar refractivity (Wildman–Crippen MR) is 72.7 cm³/mol. The molecule has 0 aromatic heterocycles. The second-order valence-electron chi connectivity index (χ2n) is 4.55. The van der Waals surface area contributed by atoms with E-state index in [2.05, 4.69) is 10.6 Å². The van der Waals surface area contributed by atoms with Crippen molar-refractivity contribution in [2.75, 3.05) is 13.1 Å². The quantitative estimate of drug-likeness (QED) is 0.740. The van der Waals surface area contributed by atoms with Crippen LogP contribution < -0.4 is 10.6 Å². The van der Waals surface area contributed by atoms with E-state index in [1.54, 1.807) is 18.2 Å². The van der Waals surface area contributed by atoms with E-state index in [4.69, 9.17) is 11.6 Å². The zero-order valence-corrected chi connectivity index (χ0v) is 11.4. The van der Waals surface area contributed by atoms with E-state index >= 15 is 0 Å². The normalized spacial score (nSPS) is 10.7. The third-order valence-electron chi connectivity index (χ3n) is 2.38. The molecule has 1 amide bonds. The Hall–Kier alpha value is -1.26. The fourth-order valence-electron chi connectivity index (χ4n) is 1.39. The highest BCUT2D eigenvalue weighted by molar-refractivity contribution is 6.32. The average molecular weight is 271 g/mol. The molecule has 4 nitrogen and oxygen atoms in total. The van der Waals surface area contributed by atoms with Crippen LogP contribution in [0, 0.1) is 5.92 Å². The fraction of sp³-hybridized carbons (Fsp3) is 0.462. The molecule has 0 aliphatic heterocycles. The highest BCUT2D eigenvalue weighted by Gasteiger charge is 2.06. The van der Waals surface area contributed by atoms with Gasteiger partial charge in [0, 0.05) is 18.7 Å². The summed E-state index contributed by atoms with van der Waals surface area (Å²) in [5.74, 6) is 0.449. The number of halogens is 1. The Bertz CT molecular complexity index is 408. The van der Waals surface area contributed by atoms with E-state index < -0.39 is 0 Å². The molecule has 0 radical (unpaired) electrons. The van der Waals surface area contributed by atoms with Crippen LogP contribution in [0.15, 0.2) is 18.2 Å². The first kappa shape index (κ1) is 14.8. The monoisotopic (exact) mass is 270 g/mol. The molecule has 3 N–H and O–H groups in total. The number of carbonyl (C=O) groups excluding carboxylic acids is 1. The van der Waals surface area contributed by atoms with Crippen molar-refractivity contribution in [3.8, 4) is 5.75 Å². The standard InChI is InChI=1S/C13H19ClN2O2/c1-9(2)6-16-12(17)8-15-7-10-4-3-5-11(14)13(10)18/h3-5,9,15,18H,6-8H2,1-2H3,(H,16,17). The average Bonchev–Trinajstić information content (AvgIpc) is 2.32. The molecule has 0 atom stereocenters. The Balaban J connectivity index is 2.33. The lowest BCUT2D eigenvalue weighted by Gasteiger charge is -2.09. The number of nitrogens with one attached hydrogen (secondary N) is 2. The summed E-state index contributed by atoms with van der Waals surface area (Å²) in [6.45, 7) is 5.37. The van der Waals surface area contributed by atoms with Gasteiger partial charge in [0.1, 0.15) is 5.75 Å². The Labute approximate surface area is 112 Å². The molecule has 0 aliphatic rings. The van der Waals surface area contributed by atoms with Crippen molar-refractivity contribution in [1.29, 1.82) is 0 Å². The summed E-state index contributed by atoms with van der Waals surface area (Å²) in [5.41, 5.74) is 0.680. The molecule has 0 spiro atoms. The molecular weight excluding hydrogens is 252 g/mol. The van der Waals surface area contributed by atoms with E-state index in [9.17, 15) is 9.90 Å². The summed E-state index contributed by atoms with van der Waals surface area (Å²) < 4.78 is 0. The topological polar surface area (TPSA) is 61.4 Å². The molecule has 100 valence electrons. The van der Waals surface area contributed by atoms with Gasteiger partial charge in [-0.2, -0.15) is 0 Å². The first-order chi connectivity index (χ1) is 8.50. The minimum Gasteiger partial charge on any atom is -0.506 e. The lowest BCUT2D eigenvalue weighted by atomic mass is 10.2. The molecule has 0 bridgehead atoms. The van der Waals surface area contributed by atoms with Crippen molar-refractivity contribution in [3.63, 3.8) is 0 Å².